The quantitative estimate of drug-likeness (QED) is 0.798. The van der Waals surface area contributed by atoms with Gasteiger partial charge in [-0.05, 0) is 38.8 Å². The van der Waals surface area contributed by atoms with E-state index in [1.807, 2.05) is 0 Å². The van der Waals surface area contributed by atoms with Crippen LogP contribution in [0.15, 0.2) is 0 Å². The largest absolute Gasteiger partial charge is 0.384 e. The first kappa shape index (κ1) is 14.8. The van der Waals surface area contributed by atoms with Gasteiger partial charge in [-0.2, -0.15) is 0 Å². The van der Waals surface area contributed by atoms with Crippen LogP contribution in [0.2, 0.25) is 0 Å². The Morgan fingerprint density at radius 2 is 1.84 bits per heavy atom. The zero-order valence-corrected chi connectivity index (χ0v) is 12.2. The van der Waals surface area contributed by atoms with Gasteiger partial charge in [0.25, 0.3) is 0 Å². The normalized spacial score (nSPS) is 23.4. The number of methoxy groups -OCH3 is 1. The van der Waals surface area contributed by atoms with Crippen LogP contribution in [-0.4, -0.2) is 50.7 Å². The van der Waals surface area contributed by atoms with E-state index in [2.05, 4.69) is 10.2 Å². The first-order chi connectivity index (χ1) is 9.24. The summed E-state index contributed by atoms with van der Waals surface area (Å²) in [4.78, 5) is 14.3. The van der Waals surface area contributed by atoms with E-state index in [9.17, 15) is 4.79 Å². The van der Waals surface area contributed by atoms with E-state index in [-0.39, 0.29) is 11.3 Å². The second-order valence-corrected chi connectivity index (χ2v) is 6.25. The summed E-state index contributed by atoms with van der Waals surface area (Å²) >= 11 is 0. The molecule has 0 bridgehead atoms. The first-order valence-electron chi connectivity index (χ1n) is 7.72. The molecule has 1 N–H and O–H groups in total. The maximum absolute atomic E-state index is 12.0. The lowest BCUT2D eigenvalue weighted by molar-refractivity contribution is -0.123. The standard InChI is InChI=1S/C15H28N2O2/c1-19-13-15(7-6-8-15)12-16-14(18)11-17-9-4-2-3-5-10-17/h2-13H2,1H3,(H,16,18). The fraction of sp³-hybridized carbons (Fsp3) is 0.933. The van der Waals surface area contributed by atoms with E-state index >= 15 is 0 Å². The SMILES string of the molecule is COCC1(CNC(=O)CN2CCCCCC2)CCC1. The minimum Gasteiger partial charge on any atom is -0.384 e. The molecule has 4 nitrogen and oxygen atoms in total. The molecule has 0 aromatic carbocycles. The maximum Gasteiger partial charge on any atom is 0.234 e. The minimum absolute atomic E-state index is 0.185. The Morgan fingerprint density at radius 3 is 2.37 bits per heavy atom. The molecule has 1 aliphatic carbocycles. The number of rotatable bonds is 6. The van der Waals surface area contributed by atoms with Crippen molar-refractivity contribution in [2.45, 2.75) is 44.9 Å². The molecule has 0 unspecified atom stereocenters. The summed E-state index contributed by atoms with van der Waals surface area (Å²) in [5.41, 5.74) is 0.225. The van der Waals surface area contributed by atoms with Gasteiger partial charge in [0.15, 0.2) is 0 Å². The molecule has 2 rings (SSSR count). The minimum atomic E-state index is 0.185. The molecule has 1 aliphatic heterocycles. The zero-order chi connectivity index (χ0) is 13.6. The second-order valence-electron chi connectivity index (χ2n) is 6.25. The predicted molar refractivity (Wildman–Crippen MR) is 76.1 cm³/mol. The Kier molecular flexibility index (Phi) is 5.64. The number of hydrogen-bond donors (Lipinski definition) is 1. The Morgan fingerprint density at radius 1 is 1.16 bits per heavy atom. The average Bonchev–Trinajstić information content (AvgIpc) is 2.61. The third-order valence-corrected chi connectivity index (χ3v) is 4.59. The lowest BCUT2D eigenvalue weighted by atomic mass is 9.69. The summed E-state index contributed by atoms with van der Waals surface area (Å²) in [5, 5.41) is 3.12. The van der Waals surface area contributed by atoms with Crippen LogP contribution < -0.4 is 5.32 Å². The van der Waals surface area contributed by atoms with Crippen LogP contribution in [0.1, 0.15) is 44.9 Å². The number of amides is 1. The number of likely N-dealkylation sites (tertiary alicyclic amines) is 1. The van der Waals surface area contributed by atoms with Crippen molar-refractivity contribution in [2.75, 3.05) is 39.9 Å². The molecule has 19 heavy (non-hydrogen) atoms. The van der Waals surface area contributed by atoms with Gasteiger partial charge in [0, 0.05) is 19.1 Å². The van der Waals surface area contributed by atoms with Crippen LogP contribution in [0, 0.1) is 5.41 Å². The average molecular weight is 268 g/mol. The summed E-state index contributed by atoms with van der Waals surface area (Å²) in [6.45, 7) is 4.29. The third kappa shape index (κ3) is 4.46. The molecule has 0 aromatic heterocycles. The van der Waals surface area contributed by atoms with Gasteiger partial charge in [-0.3, -0.25) is 9.69 Å². The Hall–Kier alpha value is -0.610. The van der Waals surface area contributed by atoms with Crippen LogP contribution in [0.3, 0.4) is 0 Å². The monoisotopic (exact) mass is 268 g/mol. The molecule has 1 saturated heterocycles. The number of nitrogens with zero attached hydrogens (tertiary/aromatic N) is 1. The summed E-state index contributed by atoms with van der Waals surface area (Å²) < 4.78 is 5.29. The molecular formula is C15H28N2O2. The molecule has 2 fully saturated rings. The van der Waals surface area contributed by atoms with E-state index < -0.39 is 0 Å². The summed E-state index contributed by atoms with van der Waals surface area (Å²) in [6.07, 6.45) is 8.74. The molecule has 0 spiro atoms. The fourth-order valence-corrected chi connectivity index (χ4v) is 3.19. The van der Waals surface area contributed by atoms with Crippen LogP contribution in [-0.2, 0) is 9.53 Å². The van der Waals surface area contributed by atoms with E-state index in [1.54, 1.807) is 7.11 Å². The lowest BCUT2D eigenvalue weighted by Gasteiger charge is -2.41. The molecule has 0 aromatic rings. The second kappa shape index (κ2) is 7.25. The summed E-state index contributed by atoms with van der Waals surface area (Å²) in [7, 11) is 1.75. The summed E-state index contributed by atoms with van der Waals surface area (Å²) in [6, 6.07) is 0. The Labute approximate surface area is 116 Å². The third-order valence-electron chi connectivity index (χ3n) is 4.59. The van der Waals surface area contributed by atoms with Crippen LogP contribution in [0.4, 0.5) is 0 Å². The van der Waals surface area contributed by atoms with Crippen LogP contribution >= 0.6 is 0 Å². The van der Waals surface area contributed by atoms with Crippen LogP contribution in [0.25, 0.3) is 0 Å². The Balaban J connectivity index is 1.68. The highest BCUT2D eigenvalue weighted by Crippen LogP contribution is 2.40. The molecule has 110 valence electrons. The smallest absolute Gasteiger partial charge is 0.234 e. The number of carbonyl (C=O) groups excluding carboxylic acids is 1. The van der Waals surface area contributed by atoms with Crippen LogP contribution in [0.5, 0.6) is 0 Å². The van der Waals surface area contributed by atoms with Crippen molar-refractivity contribution in [1.29, 1.82) is 0 Å². The van der Waals surface area contributed by atoms with Crippen molar-refractivity contribution in [3.63, 3.8) is 0 Å². The van der Waals surface area contributed by atoms with Gasteiger partial charge in [-0.15, -0.1) is 0 Å². The highest BCUT2D eigenvalue weighted by Gasteiger charge is 2.37. The molecule has 1 amide bonds. The highest BCUT2D eigenvalue weighted by atomic mass is 16.5. The first-order valence-corrected chi connectivity index (χ1v) is 7.72. The van der Waals surface area contributed by atoms with Crippen molar-refractivity contribution in [3.05, 3.63) is 0 Å². The van der Waals surface area contributed by atoms with Crippen molar-refractivity contribution in [1.82, 2.24) is 10.2 Å². The molecule has 2 aliphatic rings. The Bertz CT molecular complexity index is 282. The maximum atomic E-state index is 12.0. The van der Waals surface area contributed by atoms with E-state index in [0.717, 1.165) is 26.2 Å². The number of carbonyl (C=O) groups is 1. The van der Waals surface area contributed by atoms with E-state index in [4.69, 9.17) is 4.74 Å². The van der Waals surface area contributed by atoms with Gasteiger partial charge in [-0.25, -0.2) is 0 Å². The number of nitrogens with one attached hydrogen (secondary N) is 1. The van der Waals surface area contributed by atoms with Gasteiger partial charge < -0.3 is 10.1 Å². The number of ether oxygens (including phenoxy) is 1. The number of hydrogen-bond acceptors (Lipinski definition) is 3. The van der Waals surface area contributed by atoms with Crippen molar-refractivity contribution < 1.29 is 9.53 Å². The lowest BCUT2D eigenvalue weighted by Crippen LogP contribution is -2.47. The van der Waals surface area contributed by atoms with Crippen molar-refractivity contribution in [2.24, 2.45) is 5.41 Å². The van der Waals surface area contributed by atoms with Crippen molar-refractivity contribution >= 4 is 5.91 Å². The van der Waals surface area contributed by atoms with E-state index in [1.165, 1.54) is 44.9 Å². The molecule has 4 heteroatoms. The van der Waals surface area contributed by atoms with Gasteiger partial charge in [0.1, 0.15) is 0 Å². The van der Waals surface area contributed by atoms with E-state index in [0.29, 0.717) is 6.54 Å². The molecule has 1 heterocycles. The van der Waals surface area contributed by atoms with Gasteiger partial charge >= 0.3 is 0 Å². The van der Waals surface area contributed by atoms with Gasteiger partial charge in [-0.1, -0.05) is 19.3 Å². The van der Waals surface area contributed by atoms with Gasteiger partial charge in [0.05, 0.1) is 13.2 Å². The van der Waals surface area contributed by atoms with Gasteiger partial charge in [0.2, 0.25) is 5.91 Å². The molecule has 0 atom stereocenters. The predicted octanol–water partition coefficient (Wildman–Crippen LogP) is 1.80. The topological polar surface area (TPSA) is 41.6 Å². The highest BCUT2D eigenvalue weighted by molar-refractivity contribution is 5.78. The fourth-order valence-electron chi connectivity index (χ4n) is 3.19. The molecular weight excluding hydrogens is 240 g/mol. The summed E-state index contributed by atoms with van der Waals surface area (Å²) in [5.74, 6) is 0.185. The van der Waals surface area contributed by atoms with Crippen molar-refractivity contribution in [3.8, 4) is 0 Å². The zero-order valence-electron chi connectivity index (χ0n) is 12.2. The molecule has 1 saturated carbocycles. The molecule has 0 radical (unpaired) electrons.